The van der Waals surface area contributed by atoms with E-state index in [2.05, 4.69) is 240 Å². The summed E-state index contributed by atoms with van der Waals surface area (Å²) in [6, 6.07) is 76.9. The molecule has 0 bridgehead atoms. The number of rotatable bonds is 21. The van der Waals surface area contributed by atoms with Crippen LogP contribution in [0.5, 0.6) is 0 Å². The van der Waals surface area contributed by atoms with Gasteiger partial charge in [-0.15, -0.1) is 0 Å². The van der Waals surface area contributed by atoms with E-state index in [1.807, 2.05) is 0 Å². The number of aryl methyl sites for hydroxylation is 2. The smallest absolute Gasteiger partial charge is 0.169 e. The fraction of sp³-hybridized carbons (Fsp3) is 0.207. The molecule has 8 rings (SSSR count). The zero-order valence-corrected chi connectivity index (χ0v) is 38.0. The molecule has 4 heteroatoms. The first-order chi connectivity index (χ1) is 30.8. The van der Waals surface area contributed by atoms with Crippen LogP contribution in [0.3, 0.4) is 0 Å². The van der Waals surface area contributed by atoms with Crippen LogP contribution in [-0.2, 0) is 13.1 Å². The summed E-state index contributed by atoms with van der Waals surface area (Å²) in [5.41, 5.74) is 2.55. The highest BCUT2D eigenvalue weighted by molar-refractivity contribution is 7.96. The monoisotopic (exact) mass is 848 g/mol. The van der Waals surface area contributed by atoms with Gasteiger partial charge in [0.05, 0.1) is 12.3 Å². The van der Waals surface area contributed by atoms with Crippen molar-refractivity contribution < 1.29 is 9.13 Å². The van der Waals surface area contributed by atoms with Crippen molar-refractivity contribution in [3.8, 4) is 11.1 Å². The Morgan fingerprint density at radius 1 is 0.242 bits per heavy atom. The van der Waals surface area contributed by atoms with E-state index in [4.69, 9.17) is 0 Å². The van der Waals surface area contributed by atoms with E-state index in [-0.39, 0.29) is 0 Å². The highest BCUT2D eigenvalue weighted by Gasteiger charge is 2.45. The minimum atomic E-state index is -1.75. The normalized spacial score (nSPS) is 11.7. The maximum atomic E-state index is 2.36. The molecule has 0 atom stereocenters. The third-order valence-corrected chi connectivity index (χ3v) is 21.7. The topological polar surface area (TPSA) is 7.76 Å². The van der Waals surface area contributed by atoms with Crippen LogP contribution >= 0.6 is 14.5 Å². The van der Waals surface area contributed by atoms with E-state index < -0.39 is 14.5 Å². The van der Waals surface area contributed by atoms with Gasteiger partial charge in [0.2, 0.25) is 0 Å². The molecular weight excluding hydrogens is 787 g/mol. The first kappa shape index (κ1) is 43.1. The second kappa shape index (κ2) is 22.0. The molecule has 0 amide bonds. The summed E-state index contributed by atoms with van der Waals surface area (Å²) in [5.74, 6) is 0. The number of aromatic nitrogens is 2. The number of unbranched alkanes of at least 4 members (excludes halogenated alkanes) is 6. The molecule has 2 nitrogen and oxygen atoms in total. The molecule has 0 saturated carbocycles. The van der Waals surface area contributed by atoms with Crippen molar-refractivity contribution in [2.24, 2.45) is 0 Å². The number of hydrogen-bond acceptors (Lipinski definition) is 0. The lowest BCUT2D eigenvalue weighted by Gasteiger charge is -2.27. The second-order valence-corrected chi connectivity index (χ2v) is 23.8. The Balaban J connectivity index is 0.799. The van der Waals surface area contributed by atoms with Gasteiger partial charge in [-0.2, -0.15) is 0 Å². The molecule has 2 heterocycles. The molecular formula is C58H62N2P2+4. The Morgan fingerprint density at radius 3 is 0.710 bits per heavy atom. The average molecular weight is 849 g/mol. The molecule has 0 radical (unpaired) electrons. The van der Waals surface area contributed by atoms with Gasteiger partial charge in [-0.25, -0.2) is 9.13 Å². The highest BCUT2D eigenvalue weighted by atomic mass is 31.2. The van der Waals surface area contributed by atoms with Crippen LogP contribution < -0.4 is 41.0 Å². The molecule has 0 aliphatic heterocycles. The van der Waals surface area contributed by atoms with Gasteiger partial charge in [0.15, 0.2) is 24.8 Å². The highest BCUT2D eigenvalue weighted by Crippen LogP contribution is 2.57. The van der Waals surface area contributed by atoms with Crippen LogP contribution in [0.4, 0.5) is 0 Å². The van der Waals surface area contributed by atoms with Crippen LogP contribution in [0.15, 0.2) is 231 Å². The van der Waals surface area contributed by atoms with Crippen LogP contribution in [0.2, 0.25) is 0 Å². The van der Waals surface area contributed by atoms with Gasteiger partial charge >= 0.3 is 0 Å². The van der Waals surface area contributed by atoms with E-state index in [0.29, 0.717) is 0 Å². The van der Waals surface area contributed by atoms with E-state index in [0.717, 1.165) is 13.1 Å². The molecule has 0 aliphatic rings. The minimum Gasteiger partial charge on any atom is -0.205 e. The van der Waals surface area contributed by atoms with Gasteiger partial charge in [-0.05, 0) is 122 Å². The third-order valence-electron chi connectivity index (χ3n) is 12.6. The summed E-state index contributed by atoms with van der Waals surface area (Å²) >= 11 is 0. The predicted octanol–water partition coefficient (Wildman–Crippen LogP) is 11.0. The van der Waals surface area contributed by atoms with Crippen molar-refractivity contribution in [3.63, 3.8) is 0 Å². The maximum Gasteiger partial charge on any atom is 0.169 e. The van der Waals surface area contributed by atoms with Gasteiger partial charge in [0.1, 0.15) is 59.4 Å². The molecule has 0 saturated heterocycles. The Bertz CT molecular complexity index is 2110. The largest absolute Gasteiger partial charge is 0.205 e. The van der Waals surface area contributed by atoms with Gasteiger partial charge in [-0.1, -0.05) is 109 Å². The molecule has 2 aromatic heterocycles. The van der Waals surface area contributed by atoms with Crippen LogP contribution in [0.1, 0.15) is 51.4 Å². The third kappa shape index (κ3) is 10.4. The summed E-state index contributed by atoms with van der Waals surface area (Å²) < 4.78 is 4.71. The summed E-state index contributed by atoms with van der Waals surface area (Å²) in [4.78, 5) is 0. The molecule has 8 aromatic rings. The molecule has 0 N–H and O–H groups in total. The average Bonchev–Trinajstić information content (AvgIpc) is 3.36. The molecule has 0 spiro atoms. The second-order valence-electron chi connectivity index (χ2n) is 16.6. The Labute approximate surface area is 372 Å². The minimum absolute atomic E-state index is 1.05. The lowest BCUT2D eigenvalue weighted by atomic mass is 10.1. The number of nitrogens with zero attached hydrogens (tertiary/aromatic N) is 2. The van der Waals surface area contributed by atoms with Crippen molar-refractivity contribution in [2.45, 2.75) is 64.5 Å². The molecule has 0 unspecified atom stereocenters. The van der Waals surface area contributed by atoms with Crippen molar-refractivity contribution >= 4 is 46.4 Å². The molecule has 310 valence electrons. The number of hydrogen-bond donors (Lipinski definition) is 0. The van der Waals surface area contributed by atoms with Crippen molar-refractivity contribution in [2.75, 3.05) is 12.3 Å². The lowest BCUT2D eigenvalue weighted by molar-refractivity contribution is -0.697. The van der Waals surface area contributed by atoms with Crippen molar-refractivity contribution in [1.82, 2.24) is 0 Å². The first-order valence-corrected chi connectivity index (χ1v) is 26.8. The zero-order chi connectivity index (χ0) is 42.1. The zero-order valence-electron chi connectivity index (χ0n) is 36.2. The van der Waals surface area contributed by atoms with Crippen LogP contribution in [0.25, 0.3) is 11.1 Å². The molecule has 62 heavy (non-hydrogen) atoms. The van der Waals surface area contributed by atoms with Gasteiger partial charge in [-0.3, -0.25) is 0 Å². The standard InChI is InChI=1S/C58H62N2P2/c1(3-25-49-61(53-27-11-5-12-28-53,54-29-13-6-14-30-54)55-31-15-7-16-32-55)23-43-59-45-39-51(40-46-59)52-41-47-60(48-42-52)44-24-2-4-26-50-62(56-33-17-8-18-34-56,57-35-19-9-20-36-57)58-37-21-10-22-38-58/h5-22,27-42,45-48H,1-4,23-26,43-44,49-50H2/q+4. The molecule has 6 aromatic carbocycles. The quantitative estimate of drug-likeness (QED) is 0.0387. The number of benzene rings is 6. The van der Waals surface area contributed by atoms with Crippen LogP contribution in [-0.4, -0.2) is 12.3 Å². The predicted molar refractivity (Wildman–Crippen MR) is 269 cm³/mol. The van der Waals surface area contributed by atoms with E-state index >= 15 is 0 Å². The fourth-order valence-electron chi connectivity index (χ4n) is 9.36. The van der Waals surface area contributed by atoms with Gasteiger partial charge in [0, 0.05) is 37.1 Å². The summed E-state index contributed by atoms with van der Waals surface area (Å²) in [6.45, 7) is 2.11. The summed E-state index contributed by atoms with van der Waals surface area (Å²) in [7, 11) is -3.49. The van der Waals surface area contributed by atoms with E-state index in [1.165, 1.54) is 107 Å². The fourth-order valence-corrected chi connectivity index (χ4v) is 18.2. The first-order valence-electron chi connectivity index (χ1n) is 22.8. The number of pyridine rings is 2. The Kier molecular flexibility index (Phi) is 15.3. The lowest BCUT2D eigenvalue weighted by Crippen LogP contribution is -2.33. The van der Waals surface area contributed by atoms with Crippen molar-refractivity contribution in [1.29, 1.82) is 0 Å². The molecule has 0 fully saturated rings. The van der Waals surface area contributed by atoms with E-state index in [1.54, 1.807) is 0 Å². The molecule has 0 aliphatic carbocycles. The Hall–Kier alpha value is -5.52. The van der Waals surface area contributed by atoms with Gasteiger partial charge < -0.3 is 0 Å². The summed E-state index contributed by atoms with van der Waals surface area (Å²) in [6.07, 6.45) is 21.3. The Morgan fingerprint density at radius 2 is 0.468 bits per heavy atom. The van der Waals surface area contributed by atoms with Crippen LogP contribution in [0, 0.1) is 0 Å². The summed E-state index contributed by atoms with van der Waals surface area (Å²) in [5, 5.41) is 8.91. The van der Waals surface area contributed by atoms with E-state index in [9.17, 15) is 0 Å². The maximum absolute atomic E-state index is 2.36. The van der Waals surface area contributed by atoms with Gasteiger partial charge in [0.25, 0.3) is 0 Å². The SMILES string of the molecule is c1ccc([P+](CCCCCC[n+]2ccc(-c3cc[n+](CCCCCC[P+](c4ccccc4)(c4ccccc4)c4ccccc4)cc3)cc2)(c2ccccc2)c2ccccc2)cc1. The van der Waals surface area contributed by atoms with Crippen molar-refractivity contribution in [3.05, 3.63) is 231 Å².